The van der Waals surface area contributed by atoms with Gasteiger partial charge in [-0.2, -0.15) is 5.01 Å². The SMILES string of the molecule is CCCN(CC(=O)O)CC(=O)NN1C(=O)NC(C)(c2ccc(OC)cc2)C1=O. The van der Waals surface area contributed by atoms with Crippen LogP contribution in [0.2, 0.25) is 0 Å². The zero-order chi connectivity index (χ0) is 20.9. The molecule has 2 rings (SSSR count). The summed E-state index contributed by atoms with van der Waals surface area (Å²) in [6, 6.07) is 5.86. The summed E-state index contributed by atoms with van der Waals surface area (Å²) in [6.07, 6.45) is 0.652. The fraction of sp³-hybridized carbons (Fsp3) is 0.444. The molecule has 1 aliphatic rings. The van der Waals surface area contributed by atoms with Crippen LogP contribution in [0.25, 0.3) is 0 Å². The first-order chi connectivity index (χ1) is 13.2. The van der Waals surface area contributed by atoms with Gasteiger partial charge in [0.1, 0.15) is 11.3 Å². The van der Waals surface area contributed by atoms with Crippen LogP contribution in [0, 0.1) is 0 Å². The Morgan fingerprint density at radius 1 is 1.25 bits per heavy atom. The highest BCUT2D eigenvalue weighted by Crippen LogP contribution is 2.29. The van der Waals surface area contributed by atoms with E-state index in [1.165, 1.54) is 18.9 Å². The van der Waals surface area contributed by atoms with E-state index < -0.39 is 29.4 Å². The fourth-order valence-corrected chi connectivity index (χ4v) is 2.95. The number of aliphatic carboxylic acids is 1. The van der Waals surface area contributed by atoms with Crippen LogP contribution < -0.4 is 15.5 Å². The molecular weight excluding hydrogens is 368 g/mol. The molecule has 1 saturated heterocycles. The number of carbonyl (C=O) groups excluding carboxylic acids is 3. The smallest absolute Gasteiger partial charge is 0.344 e. The van der Waals surface area contributed by atoms with Crippen LogP contribution in [0.15, 0.2) is 24.3 Å². The molecular formula is C18H24N4O6. The lowest BCUT2D eigenvalue weighted by Gasteiger charge is -2.23. The lowest BCUT2D eigenvalue weighted by molar-refractivity contribution is -0.141. The summed E-state index contributed by atoms with van der Waals surface area (Å²) >= 11 is 0. The third-order valence-electron chi connectivity index (χ3n) is 4.36. The second-order valence-corrected chi connectivity index (χ2v) is 6.56. The number of nitrogens with zero attached hydrogens (tertiary/aromatic N) is 2. The molecule has 0 bridgehead atoms. The highest BCUT2D eigenvalue weighted by molar-refractivity contribution is 6.08. The van der Waals surface area contributed by atoms with E-state index in [0.29, 0.717) is 29.3 Å². The molecule has 0 radical (unpaired) electrons. The van der Waals surface area contributed by atoms with Gasteiger partial charge in [-0.1, -0.05) is 19.1 Å². The van der Waals surface area contributed by atoms with E-state index in [0.717, 1.165) is 0 Å². The lowest BCUT2D eigenvalue weighted by atomic mass is 9.92. The maximum Gasteiger partial charge on any atom is 0.344 e. The normalized spacial score (nSPS) is 18.9. The van der Waals surface area contributed by atoms with Gasteiger partial charge in [0.15, 0.2) is 0 Å². The number of hydrogen-bond acceptors (Lipinski definition) is 6. The minimum atomic E-state index is -1.35. The van der Waals surface area contributed by atoms with Gasteiger partial charge in [0.25, 0.3) is 11.8 Å². The summed E-state index contributed by atoms with van der Waals surface area (Å²) < 4.78 is 5.08. The summed E-state index contributed by atoms with van der Waals surface area (Å²) in [5, 5.41) is 12.1. The second-order valence-electron chi connectivity index (χ2n) is 6.56. The number of methoxy groups -OCH3 is 1. The van der Waals surface area contributed by atoms with E-state index >= 15 is 0 Å². The Labute approximate surface area is 162 Å². The Balaban J connectivity index is 2.09. The van der Waals surface area contributed by atoms with Gasteiger partial charge in [-0.15, -0.1) is 0 Å². The van der Waals surface area contributed by atoms with E-state index in [1.807, 2.05) is 6.92 Å². The number of hydrogen-bond donors (Lipinski definition) is 3. The van der Waals surface area contributed by atoms with Crippen LogP contribution >= 0.6 is 0 Å². The molecule has 1 heterocycles. The van der Waals surface area contributed by atoms with Crippen molar-refractivity contribution in [1.29, 1.82) is 0 Å². The molecule has 1 unspecified atom stereocenters. The van der Waals surface area contributed by atoms with E-state index in [1.54, 1.807) is 24.3 Å². The van der Waals surface area contributed by atoms with Crippen molar-refractivity contribution in [2.45, 2.75) is 25.8 Å². The standard InChI is InChI=1S/C18H24N4O6/c1-4-9-21(11-15(24)25)10-14(23)20-22-16(26)18(2,19-17(22)27)12-5-7-13(28-3)8-6-12/h5-8H,4,9-11H2,1-3H3,(H,19,27)(H,20,23)(H,24,25). The van der Waals surface area contributed by atoms with Crippen LogP contribution in [0.3, 0.4) is 0 Å². The molecule has 1 aromatic rings. The Morgan fingerprint density at radius 3 is 2.43 bits per heavy atom. The van der Waals surface area contributed by atoms with Crippen molar-refractivity contribution in [2.24, 2.45) is 0 Å². The van der Waals surface area contributed by atoms with Gasteiger partial charge < -0.3 is 15.2 Å². The van der Waals surface area contributed by atoms with E-state index in [-0.39, 0.29) is 13.1 Å². The van der Waals surface area contributed by atoms with Crippen molar-refractivity contribution in [2.75, 3.05) is 26.7 Å². The molecule has 10 nitrogen and oxygen atoms in total. The molecule has 10 heteroatoms. The number of urea groups is 1. The largest absolute Gasteiger partial charge is 0.497 e. The van der Waals surface area contributed by atoms with E-state index in [4.69, 9.17) is 9.84 Å². The van der Waals surface area contributed by atoms with Gasteiger partial charge in [-0.3, -0.25) is 24.7 Å². The molecule has 1 aromatic carbocycles. The molecule has 0 spiro atoms. The molecule has 0 aromatic heterocycles. The van der Waals surface area contributed by atoms with Crippen molar-refractivity contribution in [1.82, 2.24) is 20.7 Å². The summed E-state index contributed by atoms with van der Waals surface area (Å²) in [6.45, 7) is 3.21. The number of rotatable bonds is 9. The number of carboxylic acids is 1. The minimum absolute atomic E-state index is 0.254. The maximum absolute atomic E-state index is 12.8. The molecule has 1 aliphatic heterocycles. The van der Waals surface area contributed by atoms with Crippen LogP contribution in [0.5, 0.6) is 5.75 Å². The van der Waals surface area contributed by atoms with Crippen molar-refractivity contribution in [3.05, 3.63) is 29.8 Å². The highest BCUT2D eigenvalue weighted by atomic mass is 16.5. The van der Waals surface area contributed by atoms with Gasteiger partial charge in [0.05, 0.1) is 20.2 Å². The molecule has 4 amide bonds. The van der Waals surface area contributed by atoms with Gasteiger partial charge >= 0.3 is 12.0 Å². The number of benzene rings is 1. The lowest BCUT2D eigenvalue weighted by Crippen LogP contribution is -2.51. The Hall–Kier alpha value is -3.14. The summed E-state index contributed by atoms with van der Waals surface area (Å²) in [5.41, 5.74) is 1.44. The molecule has 1 fully saturated rings. The number of carbonyl (C=O) groups is 4. The highest BCUT2D eigenvalue weighted by Gasteiger charge is 2.50. The molecule has 28 heavy (non-hydrogen) atoms. The molecule has 3 N–H and O–H groups in total. The third-order valence-corrected chi connectivity index (χ3v) is 4.36. The quantitative estimate of drug-likeness (QED) is 0.515. The van der Waals surface area contributed by atoms with Gasteiger partial charge in [0.2, 0.25) is 0 Å². The summed E-state index contributed by atoms with van der Waals surface area (Å²) in [5.74, 6) is -1.76. The number of ether oxygens (including phenoxy) is 1. The van der Waals surface area contributed by atoms with Crippen LogP contribution in [-0.2, 0) is 19.9 Å². The summed E-state index contributed by atoms with van der Waals surface area (Å²) in [7, 11) is 1.52. The van der Waals surface area contributed by atoms with Crippen molar-refractivity contribution < 1.29 is 29.0 Å². The van der Waals surface area contributed by atoms with E-state index in [2.05, 4.69) is 10.7 Å². The van der Waals surface area contributed by atoms with Gasteiger partial charge in [-0.05, 0) is 37.6 Å². The number of imide groups is 1. The second kappa shape index (κ2) is 8.70. The zero-order valence-corrected chi connectivity index (χ0v) is 16.0. The summed E-state index contributed by atoms with van der Waals surface area (Å²) in [4.78, 5) is 49.6. The first-order valence-electron chi connectivity index (χ1n) is 8.76. The van der Waals surface area contributed by atoms with Gasteiger partial charge in [-0.25, -0.2) is 4.79 Å². The number of amides is 4. The third kappa shape index (κ3) is 4.58. The molecule has 152 valence electrons. The average Bonchev–Trinajstić information content (AvgIpc) is 2.85. The molecule has 0 saturated carbocycles. The van der Waals surface area contributed by atoms with E-state index in [9.17, 15) is 19.2 Å². The molecule has 1 atom stereocenters. The average molecular weight is 392 g/mol. The van der Waals surface area contributed by atoms with Crippen LogP contribution in [0.4, 0.5) is 4.79 Å². The zero-order valence-electron chi connectivity index (χ0n) is 16.0. The van der Waals surface area contributed by atoms with Crippen LogP contribution in [0.1, 0.15) is 25.8 Å². The van der Waals surface area contributed by atoms with Crippen molar-refractivity contribution in [3.8, 4) is 5.75 Å². The first kappa shape index (κ1) is 21.2. The predicted octanol–water partition coefficient (Wildman–Crippen LogP) is 0.290. The number of nitrogens with one attached hydrogen (secondary N) is 2. The predicted molar refractivity (Wildman–Crippen MR) is 98.2 cm³/mol. The van der Waals surface area contributed by atoms with Crippen molar-refractivity contribution >= 4 is 23.8 Å². The Kier molecular flexibility index (Phi) is 6.57. The topological polar surface area (TPSA) is 128 Å². The Bertz CT molecular complexity index is 766. The minimum Gasteiger partial charge on any atom is -0.497 e. The number of carboxylic acid groups (broad SMARTS) is 1. The Morgan fingerprint density at radius 2 is 1.89 bits per heavy atom. The fourth-order valence-electron chi connectivity index (χ4n) is 2.95. The van der Waals surface area contributed by atoms with Gasteiger partial charge in [0, 0.05) is 0 Å². The monoisotopic (exact) mass is 392 g/mol. The molecule has 0 aliphatic carbocycles. The van der Waals surface area contributed by atoms with Crippen LogP contribution in [-0.4, -0.2) is 65.6 Å². The number of hydrazine groups is 1. The maximum atomic E-state index is 12.8. The first-order valence-corrected chi connectivity index (χ1v) is 8.76. The van der Waals surface area contributed by atoms with Crippen molar-refractivity contribution in [3.63, 3.8) is 0 Å².